The van der Waals surface area contributed by atoms with Crippen molar-refractivity contribution in [3.8, 4) is 11.5 Å². The fourth-order valence-electron chi connectivity index (χ4n) is 1.72. The number of ether oxygens (including phenoxy) is 2. The molecule has 2 rings (SSSR count). The summed E-state index contributed by atoms with van der Waals surface area (Å²) in [5, 5.41) is 5.85. The number of carbonyl (C=O) groups is 1. The summed E-state index contributed by atoms with van der Waals surface area (Å²) in [6, 6.07) is 5.33. The van der Waals surface area contributed by atoms with Crippen molar-refractivity contribution in [3.63, 3.8) is 0 Å². The Balaban J connectivity index is 0.00000180. The number of hydrogen-bond acceptors (Lipinski definition) is 4. The first kappa shape index (κ1) is 15.3. The molecule has 1 aliphatic heterocycles. The number of nitrogens with one attached hydrogen (secondary N) is 1. The largest absolute Gasteiger partial charge is 1.00 e. The normalized spacial score (nSPS) is 17.9. The van der Waals surface area contributed by atoms with Gasteiger partial charge in [-0.15, -0.1) is 5.10 Å². The van der Waals surface area contributed by atoms with Crippen molar-refractivity contribution in [2.24, 2.45) is 5.10 Å². The van der Waals surface area contributed by atoms with E-state index in [1.54, 1.807) is 14.2 Å². The lowest BCUT2D eigenvalue weighted by molar-refractivity contribution is -0.564. The highest BCUT2D eigenvalue weighted by molar-refractivity contribution is 5.96. The zero-order valence-electron chi connectivity index (χ0n) is 10.9. The summed E-state index contributed by atoms with van der Waals surface area (Å²) in [6.07, 6.45) is 0. The predicted molar refractivity (Wildman–Crippen MR) is 65.6 cm³/mol. The molecule has 1 amide bonds. The first-order valence-corrected chi connectivity index (χ1v) is 5.60. The summed E-state index contributed by atoms with van der Waals surface area (Å²) in [6.45, 7) is 1.82. The van der Waals surface area contributed by atoms with Gasteiger partial charge in [0, 0.05) is 0 Å². The van der Waals surface area contributed by atoms with Gasteiger partial charge in [-0.05, 0) is 25.1 Å². The number of amidine groups is 1. The van der Waals surface area contributed by atoms with Crippen LogP contribution in [0.15, 0.2) is 23.3 Å². The maximum Gasteiger partial charge on any atom is 0.298 e. The van der Waals surface area contributed by atoms with Crippen LogP contribution >= 0.6 is 0 Å². The summed E-state index contributed by atoms with van der Waals surface area (Å²) in [5.41, 5.74) is 3.37. The second-order valence-corrected chi connectivity index (χ2v) is 4.00. The van der Waals surface area contributed by atoms with E-state index in [1.165, 1.54) is 0 Å². The number of halogens is 1. The third-order valence-electron chi connectivity index (χ3n) is 2.79. The van der Waals surface area contributed by atoms with Crippen LogP contribution < -0.4 is 32.6 Å². The van der Waals surface area contributed by atoms with Crippen LogP contribution in [0.1, 0.15) is 12.5 Å². The van der Waals surface area contributed by atoms with Crippen LogP contribution in [-0.4, -0.2) is 32.0 Å². The number of methoxy groups -OCH3 is 2. The molecule has 1 heterocycles. The fourth-order valence-corrected chi connectivity index (χ4v) is 1.72. The highest BCUT2D eigenvalue weighted by atomic mass is 35.5. The summed E-state index contributed by atoms with van der Waals surface area (Å²) in [4.78, 5) is 11.3. The average Bonchev–Trinajstić information content (AvgIpc) is 2.41. The van der Waals surface area contributed by atoms with Gasteiger partial charge < -0.3 is 21.9 Å². The zero-order chi connectivity index (χ0) is 13.1. The number of carbonyl (C=O) groups excluding carboxylic acids is 1. The molecule has 1 atom stereocenters. The molecule has 0 bridgehead atoms. The van der Waals surface area contributed by atoms with E-state index >= 15 is 0 Å². The molecule has 1 aromatic carbocycles. The van der Waals surface area contributed by atoms with Gasteiger partial charge in [0.05, 0.1) is 19.8 Å². The molecule has 6 nitrogen and oxygen atoms in total. The lowest BCUT2D eigenvalue weighted by Crippen LogP contribution is -3.00. The van der Waals surface area contributed by atoms with Crippen molar-refractivity contribution < 1.29 is 32.0 Å². The van der Waals surface area contributed by atoms with E-state index in [-0.39, 0.29) is 24.4 Å². The molecule has 0 aliphatic carbocycles. The molecule has 7 heteroatoms. The lowest BCUT2D eigenvalue weighted by atomic mass is 10.1. The molecule has 3 N–H and O–H groups in total. The van der Waals surface area contributed by atoms with Crippen molar-refractivity contribution in [1.29, 1.82) is 0 Å². The molecule has 0 aromatic heterocycles. The number of hydrazone groups is 1. The molecule has 1 aromatic rings. The van der Waals surface area contributed by atoms with E-state index in [9.17, 15) is 4.79 Å². The maximum absolute atomic E-state index is 11.3. The van der Waals surface area contributed by atoms with Crippen molar-refractivity contribution in [2.45, 2.75) is 13.0 Å². The van der Waals surface area contributed by atoms with E-state index in [2.05, 4.69) is 10.5 Å². The van der Waals surface area contributed by atoms with E-state index in [4.69, 9.17) is 9.47 Å². The van der Waals surface area contributed by atoms with Gasteiger partial charge in [-0.3, -0.25) is 10.1 Å². The van der Waals surface area contributed by atoms with Crippen LogP contribution in [0.2, 0.25) is 0 Å². The van der Waals surface area contributed by atoms with Gasteiger partial charge in [-0.2, -0.15) is 0 Å². The predicted octanol–water partition coefficient (Wildman–Crippen LogP) is -3.55. The van der Waals surface area contributed by atoms with Gasteiger partial charge in [0.2, 0.25) is 5.84 Å². The molecule has 0 spiro atoms. The smallest absolute Gasteiger partial charge is 0.298 e. The average molecular weight is 286 g/mol. The van der Waals surface area contributed by atoms with Crippen molar-refractivity contribution in [3.05, 3.63) is 23.8 Å². The number of nitrogens with zero attached hydrogens (tertiary/aromatic N) is 1. The first-order valence-electron chi connectivity index (χ1n) is 5.60. The standard InChI is InChI=1S/C12H15N3O3.ClH/c1-7-12(16)15-14-11(13-7)8-4-5-9(17-2)10(6-8)18-3;/h4-7H,1-3H3,(H,13,14)(H,15,16);1H. The molecule has 0 fully saturated rings. The van der Waals surface area contributed by atoms with Gasteiger partial charge in [0.15, 0.2) is 17.5 Å². The van der Waals surface area contributed by atoms with Gasteiger partial charge in [0.1, 0.15) is 0 Å². The third kappa shape index (κ3) is 3.15. The van der Waals surface area contributed by atoms with Gasteiger partial charge in [-0.1, -0.05) is 0 Å². The molecule has 1 aliphatic rings. The van der Waals surface area contributed by atoms with E-state index in [1.807, 2.05) is 30.4 Å². The Labute approximate surface area is 117 Å². The van der Waals surface area contributed by atoms with E-state index in [0.29, 0.717) is 11.5 Å². The second-order valence-electron chi connectivity index (χ2n) is 4.00. The molecular weight excluding hydrogens is 270 g/mol. The molecule has 0 saturated carbocycles. The Bertz CT molecular complexity index is 505. The van der Waals surface area contributed by atoms with Crippen LogP contribution in [0.25, 0.3) is 0 Å². The SMILES string of the molecule is COc1ccc(C2=NNC(=O)C(C)[NH2+]2)cc1OC.[Cl-]. The monoisotopic (exact) mass is 285 g/mol. The topological polar surface area (TPSA) is 76.5 Å². The van der Waals surface area contributed by atoms with Crippen LogP contribution in [0, 0.1) is 0 Å². The maximum atomic E-state index is 11.3. The highest BCUT2D eigenvalue weighted by Gasteiger charge is 2.25. The minimum atomic E-state index is -0.189. The third-order valence-corrected chi connectivity index (χ3v) is 2.79. The number of nitrogens with two attached hydrogens (primary N) is 1. The number of benzene rings is 1. The first-order chi connectivity index (χ1) is 8.65. The van der Waals surface area contributed by atoms with Gasteiger partial charge in [-0.25, -0.2) is 5.43 Å². The lowest BCUT2D eigenvalue weighted by Gasteiger charge is -2.16. The van der Waals surface area contributed by atoms with Crippen LogP contribution in [-0.2, 0) is 4.79 Å². The Morgan fingerprint density at radius 3 is 2.53 bits per heavy atom. The van der Waals surface area contributed by atoms with E-state index < -0.39 is 0 Å². The second kappa shape index (κ2) is 6.40. The number of hydrogen-bond donors (Lipinski definition) is 2. The van der Waals surface area contributed by atoms with Gasteiger partial charge in [0.25, 0.3) is 5.91 Å². The minimum Gasteiger partial charge on any atom is -1.00 e. The zero-order valence-corrected chi connectivity index (χ0v) is 11.7. The summed E-state index contributed by atoms with van der Waals surface area (Å²) >= 11 is 0. The van der Waals surface area contributed by atoms with Crippen molar-refractivity contribution >= 4 is 11.7 Å². The number of quaternary nitrogens is 1. The van der Waals surface area contributed by atoms with Crippen molar-refractivity contribution in [2.75, 3.05) is 14.2 Å². The molecule has 0 radical (unpaired) electrons. The number of rotatable bonds is 3. The highest BCUT2D eigenvalue weighted by Crippen LogP contribution is 2.27. The van der Waals surface area contributed by atoms with Crippen molar-refractivity contribution in [1.82, 2.24) is 5.43 Å². The Morgan fingerprint density at radius 1 is 1.26 bits per heavy atom. The Hall–Kier alpha value is -1.79. The van der Waals surface area contributed by atoms with E-state index in [0.717, 1.165) is 11.4 Å². The van der Waals surface area contributed by atoms with Crippen LogP contribution in [0.5, 0.6) is 11.5 Å². The molecule has 1 unspecified atom stereocenters. The summed E-state index contributed by atoms with van der Waals surface area (Å²) < 4.78 is 10.4. The summed E-state index contributed by atoms with van der Waals surface area (Å²) in [5.74, 6) is 1.92. The van der Waals surface area contributed by atoms with Gasteiger partial charge >= 0.3 is 0 Å². The van der Waals surface area contributed by atoms with Crippen LogP contribution in [0.3, 0.4) is 0 Å². The molecule has 19 heavy (non-hydrogen) atoms. The fraction of sp³-hybridized carbons (Fsp3) is 0.333. The Morgan fingerprint density at radius 2 is 1.95 bits per heavy atom. The molecule has 104 valence electrons. The van der Waals surface area contributed by atoms with Crippen LogP contribution in [0.4, 0.5) is 0 Å². The number of amides is 1. The molecule has 0 saturated heterocycles. The summed E-state index contributed by atoms with van der Waals surface area (Å²) in [7, 11) is 3.17. The quantitative estimate of drug-likeness (QED) is 0.604. The molecular formula is C12H16ClN3O3. The minimum absolute atomic E-state index is 0. The Kier molecular flexibility index (Phi) is 5.14.